The van der Waals surface area contributed by atoms with Crippen molar-refractivity contribution >= 4 is 0 Å². The van der Waals surface area contributed by atoms with Crippen LogP contribution in [0.2, 0.25) is 0 Å². The van der Waals surface area contributed by atoms with Gasteiger partial charge in [-0.15, -0.1) is 0 Å². The number of aliphatic hydroxyl groups is 1. The average Bonchev–Trinajstić information content (AvgIpc) is 2.33. The third kappa shape index (κ3) is 3.46. The van der Waals surface area contributed by atoms with Crippen LogP contribution in [0.4, 0.5) is 0 Å². The van der Waals surface area contributed by atoms with Crippen molar-refractivity contribution in [1.82, 2.24) is 5.32 Å². The summed E-state index contributed by atoms with van der Waals surface area (Å²) in [5, 5.41) is 13.3. The molecule has 2 saturated carbocycles. The SMILES string of the molecule is C[C@@H](NC1CCC(O)CC1)C1CCCCC1. The maximum atomic E-state index is 9.48. The van der Waals surface area contributed by atoms with Crippen LogP contribution in [0, 0.1) is 5.92 Å². The molecule has 0 unspecified atom stereocenters. The van der Waals surface area contributed by atoms with E-state index in [0.717, 1.165) is 31.6 Å². The monoisotopic (exact) mass is 225 g/mol. The lowest BCUT2D eigenvalue weighted by molar-refractivity contribution is 0.110. The fourth-order valence-corrected chi connectivity index (χ4v) is 3.38. The molecule has 16 heavy (non-hydrogen) atoms. The van der Waals surface area contributed by atoms with E-state index >= 15 is 0 Å². The zero-order valence-electron chi connectivity index (χ0n) is 10.6. The standard InChI is InChI=1S/C14H27NO/c1-11(12-5-3-2-4-6-12)15-13-7-9-14(16)10-8-13/h11-16H,2-10H2,1H3/t11-,13?,14?/m1/s1. The lowest BCUT2D eigenvalue weighted by Crippen LogP contribution is -2.43. The summed E-state index contributed by atoms with van der Waals surface area (Å²) >= 11 is 0. The van der Waals surface area contributed by atoms with Crippen LogP contribution in [0.15, 0.2) is 0 Å². The van der Waals surface area contributed by atoms with Crippen molar-refractivity contribution in [2.24, 2.45) is 5.92 Å². The van der Waals surface area contributed by atoms with Gasteiger partial charge < -0.3 is 10.4 Å². The second-order valence-electron chi connectivity index (χ2n) is 5.86. The number of nitrogens with one attached hydrogen (secondary N) is 1. The highest BCUT2D eigenvalue weighted by molar-refractivity contribution is 4.82. The van der Waals surface area contributed by atoms with Crippen LogP contribution >= 0.6 is 0 Å². The zero-order valence-corrected chi connectivity index (χ0v) is 10.6. The summed E-state index contributed by atoms with van der Waals surface area (Å²) in [6.07, 6.45) is 11.4. The molecule has 1 atom stereocenters. The molecular formula is C14H27NO. The molecule has 0 aromatic rings. The quantitative estimate of drug-likeness (QED) is 0.774. The third-order valence-electron chi connectivity index (χ3n) is 4.55. The van der Waals surface area contributed by atoms with Crippen LogP contribution in [0.25, 0.3) is 0 Å². The van der Waals surface area contributed by atoms with Crippen LogP contribution in [-0.2, 0) is 0 Å². The molecule has 2 heteroatoms. The van der Waals surface area contributed by atoms with Gasteiger partial charge in [0.25, 0.3) is 0 Å². The Bertz CT molecular complexity index is 193. The Morgan fingerprint density at radius 1 is 0.938 bits per heavy atom. The van der Waals surface area contributed by atoms with E-state index in [1.807, 2.05) is 0 Å². The van der Waals surface area contributed by atoms with Gasteiger partial charge in [-0.25, -0.2) is 0 Å². The first kappa shape index (κ1) is 12.4. The molecule has 0 aromatic heterocycles. The Hall–Kier alpha value is -0.0800. The van der Waals surface area contributed by atoms with Crippen molar-refractivity contribution in [3.8, 4) is 0 Å². The summed E-state index contributed by atoms with van der Waals surface area (Å²) in [6.45, 7) is 2.36. The van der Waals surface area contributed by atoms with E-state index < -0.39 is 0 Å². The molecule has 2 nitrogen and oxygen atoms in total. The normalized spacial score (nSPS) is 34.9. The van der Waals surface area contributed by atoms with Gasteiger partial charge >= 0.3 is 0 Å². The number of hydrogen-bond acceptors (Lipinski definition) is 2. The second kappa shape index (κ2) is 6.02. The molecule has 2 N–H and O–H groups in total. The minimum Gasteiger partial charge on any atom is -0.393 e. The topological polar surface area (TPSA) is 32.3 Å². The molecule has 2 fully saturated rings. The fourth-order valence-electron chi connectivity index (χ4n) is 3.38. The van der Waals surface area contributed by atoms with Crippen molar-refractivity contribution in [2.75, 3.05) is 0 Å². The zero-order chi connectivity index (χ0) is 11.4. The predicted molar refractivity (Wildman–Crippen MR) is 67.4 cm³/mol. The highest BCUT2D eigenvalue weighted by Gasteiger charge is 2.24. The van der Waals surface area contributed by atoms with E-state index in [2.05, 4.69) is 12.2 Å². The summed E-state index contributed by atoms with van der Waals surface area (Å²) in [5.41, 5.74) is 0. The number of hydrogen-bond donors (Lipinski definition) is 2. The minimum atomic E-state index is -0.0250. The van der Waals surface area contributed by atoms with Crippen LogP contribution in [0.1, 0.15) is 64.7 Å². The van der Waals surface area contributed by atoms with Crippen molar-refractivity contribution in [2.45, 2.75) is 82.9 Å². The Kier molecular flexibility index (Phi) is 4.66. The summed E-state index contributed by atoms with van der Waals surface area (Å²) in [7, 11) is 0. The summed E-state index contributed by atoms with van der Waals surface area (Å²) < 4.78 is 0. The van der Waals surface area contributed by atoms with Crippen LogP contribution in [0.5, 0.6) is 0 Å². The predicted octanol–water partition coefficient (Wildman–Crippen LogP) is 2.85. The Labute approximate surface area is 99.8 Å². The molecule has 2 rings (SSSR count). The highest BCUT2D eigenvalue weighted by atomic mass is 16.3. The van der Waals surface area contributed by atoms with Crippen molar-refractivity contribution in [1.29, 1.82) is 0 Å². The van der Waals surface area contributed by atoms with Gasteiger partial charge in [-0.2, -0.15) is 0 Å². The van der Waals surface area contributed by atoms with E-state index in [1.165, 1.54) is 32.1 Å². The van der Waals surface area contributed by atoms with E-state index in [4.69, 9.17) is 0 Å². The molecule has 0 spiro atoms. The van der Waals surface area contributed by atoms with E-state index in [0.29, 0.717) is 12.1 Å². The Morgan fingerprint density at radius 2 is 1.56 bits per heavy atom. The van der Waals surface area contributed by atoms with Gasteiger partial charge in [0.2, 0.25) is 0 Å². The van der Waals surface area contributed by atoms with Gasteiger partial charge in [0.05, 0.1) is 6.10 Å². The largest absolute Gasteiger partial charge is 0.393 e. The molecular weight excluding hydrogens is 198 g/mol. The van der Waals surface area contributed by atoms with Crippen molar-refractivity contribution in [3.63, 3.8) is 0 Å². The molecule has 94 valence electrons. The fraction of sp³-hybridized carbons (Fsp3) is 1.00. The van der Waals surface area contributed by atoms with Crippen LogP contribution in [-0.4, -0.2) is 23.3 Å². The van der Waals surface area contributed by atoms with Gasteiger partial charge in [-0.05, 0) is 51.4 Å². The molecule has 0 amide bonds. The Balaban J connectivity index is 1.71. The average molecular weight is 225 g/mol. The molecule has 0 aromatic carbocycles. The van der Waals surface area contributed by atoms with E-state index in [1.54, 1.807) is 0 Å². The first-order valence-electron chi connectivity index (χ1n) is 7.20. The number of aliphatic hydroxyl groups excluding tert-OH is 1. The lowest BCUT2D eigenvalue weighted by atomic mass is 9.83. The van der Waals surface area contributed by atoms with Crippen molar-refractivity contribution < 1.29 is 5.11 Å². The minimum absolute atomic E-state index is 0.0250. The van der Waals surface area contributed by atoms with Gasteiger partial charge in [0.1, 0.15) is 0 Å². The lowest BCUT2D eigenvalue weighted by Gasteiger charge is -2.34. The smallest absolute Gasteiger partial charge is 0.0541 e. The molecule has 2 aliphatic carbocycles. The van der Waals surface area contributed by atoms with Gasteiger partial charge in [-0.3, -0.25) is 0 Å². The first-order valence-corrected chi connectivity index (χ1v) is 7.20. The summed E-state index contributed by atoms with van der Waals surface area (Å²) in [5.74, 6) is 0.903. The molecule has 0 saturated heterocycles. The molecule has 2 aliphatic rings. The van der Waals surface area contributed by atoms with E-state index in [-0.39, 0.29) is 6.10 Å². The second-order valence-corrected chi connectivity index (χ2v) is 5.86. The van der Waals surface area contributed by atoms with E-state index in [9.17, 15) is 5.11 Å². The summed E-state index contributed by atoms with van der Waals surface area (Å²) in [4.78, 5) is 0. The molecule has 0 radical (unpaired) electrons. The highest BCUT2D eigenvalue weighted by Crippen LogP contribution is 2.27. The summed E-state index contributed by atoms with van der Waals surface area (Å²) in [6, 6.07) is 1.35. The van der Waals surface area contributed by atoms with Gasteiger partial charge in [0.15, 0.2) is 0 Å². The van der Waals surface area contributed by atoms with Crippen molar-refractivity contribution in [3.05, 3.63) is 0 Å². The Morgan fingerprint density at radius 3 is 2.19 bits per heavy atom. The molecule has 0 heterocycles. The first-order chi connectivity index (χ1) is 7.75. The number of rotatable bonds is 3. The third-order valence-corrected chi connectivity index (χ3v) is 4.55. The van der Waals surface area contributed by atoms with Gasteiger partial charge in [-0.1, -0.05) is 19.3 Å². The van der Waals surface area contributed by atoms with Gasteiger partial charge in [0, 0.05) is 12.1 Å². The molecule has 0 bridgehead atoms. The maximum Gasteiger partial charge on any atom is 0.0541 e. The molecule has 0 aliphatic heterocycles. The maximum absolute atomic E-state index is 9.48. The van der Waals surface area contributed by atoms with Crippen LogP contribution < -0.4 is 5.32 Å². The van der Waals surface area contributed by atoms with Crippen LogP contribution in [0.3, 0.4) is 0 Å².